The van der Waals surface area contributed by atoms with Crippen LogP contribution >= 0.6 is 22.9 Å². The molecule has 0 saturated heterocycles. The van der Waals surface area contributed by atoms with Crippen LogP contribution in [0.4, 0.5) is 0 Å². The van der Waals surface area contributed by atoms with E-state index in [9.17, 15) is 0 Å². The first-order valence-electron chi connectivity index (χ1n) is 6.74. The van der Waals surface area contributed by atoms with E-state index in [1.54, 1.807) is 11.3 Å². The van der Waals surface area contributed by atoms with Crippen LogP contribution in [-0.2, 0) is 0 Å². The first kappa shape index (κ1) is 13.4. The topological polar surface area (TPSA) is 12.0 Å². The Hall–Kier alpha value is -0.0500. The number of hydrogen-bond donors (Lipinski definition) is 1. The normalized spacial score (nSPS) is 19.4. The van der Waals surface area contributed by atoms with E-state index in [4.69, 9.17) is 11.6 Å². The van der Waals surface area contributed by atoms with Crippen LogP contribution in [0.2, 0.25) is 4.34 Å². The van der Waals surface area contributed by atoms with E-state index in [0.29, 0.717) is 6.04 Å². The van der Waals surface area contributed by atoms with E-state index in [0.717, 1.165) is 16.8 Å². The van der Waals surface area contributed by atoms with Crippen LogP contribution in [-0.4, -0.2) is 6.54 Å². The molecule has 0 aliphatic heterocycles. The van der Waals surface area contributed by atoms with Gasteiger partial charge in [0.15, 0.2) is 0 Å². The Kier molecular flexibility index (Phi) is 5.33. The lowest BCUT2D eigenvalue weighted by Gasteiger charge is -2.22. The van der Waals surface area contributed by atoms with Gasteiger partial charge in [-0.25, -0.2) is 0 Å². The highest BCUT2D eigenvalue weighted by molar-refractivity contribution is 7.16. The Bertz CT molecular complexity index is 331. The maximum absolute atomic E-state index is 5.95. The summed E-state index contributed by atoms with van der Waals surface area (Å²) in [5, 5.41) is 3.61. The Morgan fingerprint density at radius 2 is 2.12 bits per heavy atom. The number of rotatable bonds is 5. The minimum Gasteiger partial charge on any atom is -0.309 e. The van der Waals surface area contributed by atoms with E-state index < -0.39 is 0 Å². The van der Waals surface area contributed by atoms with Crippen molar-refractivity contribution in [2.45, 2.75) is 51.5 Å². The average Bonchev–Trinajstić information content (AvgIpc) is 2.77. The molecular weight excluding hydrogens is 250 g/mol. The minimum absolute atomic E-state index is 0.441. The van der Waals surface area contributed by atoms with Crippen molar-refractivity contribution in [2.24, 2.45) is 5.92 Å². The van der Waals surface area contributed by atoms with Gasteiger partial charge in [-0.15, -0.1) is 11.3 Å². The molecule has 1 aromatic heterocycles. The highest BCUT2D eigenvalue weighted by Gasteiger charge is 2.13. The molecule has 1 nitrogen and oxygen atoms in total. The second-order valence-electron chi connectivity index (χ2n) is 5.11. The molecule has 1 unspecified atom stereocenters. The van der Waals surface area contributed by atoms with Crippen LogP contribution < -0.4 is 5.32 Å². The molecule has 1 saturated carbocycles. The van der Waals surface area contributed by atoms with E-state index in [-0.39, 0.29) is 0 Å². The number of nitrogens with one attached hydrogen (secondary N) is 1. The van der Waals surface area contributed by atoms with Gasteiger partial charge in [0.05, 0.1) is 4.34 Å². The fourth-order valence-electron chi connectivity index (χ4n) is 2.64. The summed E-state index contributed by atoms with van der Waals surface area (Å²) in [5.74, 6) is 0.968. The maximum Gasteiger partial charge on any atom is 0.0931 e. The third-order valence-electron chi connectivity index (χ3n) is 3.75. The lowest BCUT2D eigenvalue weighted by Crippen LogP contribution is -2.22. The van der Waals surface area contributed by atoms with Crippen LogP contribution in [0.3, 0.4) is 0 Å². The lowest BCUT2D eigenvalue weighted by molar-refractivity contribution is 0.330. The van der Waals surface area contributed by atoms with Crippen molar-refractivity contribution >= 4 is 22.9 Å². The van der Waals surface area contributed by atoms with Crippen LogP contribution in [0, 0.1) is 5.92 Å². The van der Waals surface area contributed by atoms with Crippen molar-refractivity contribution in [3.63, 3.8) is 0 Å². The Balaban J connectivity index is 1.67. The second kappa shape index (κ2) is 6.77. The fourth-order valence-corrected chi connectivity index (χ4v) is 3.73. The van der Waals surface area contributed by atoms with Crippen LogP contribution in [0.25, 0.3) is 0 Å². The monoisotopic (exact) mass is 271 g/mol. The summed E-state index contributed by atoms with van der Waals surface area (Å²) in [7, 11) is 0. The smallest absolute Gasteiger partial charge is 0.0931 e. The summed E-state index contributed by atoms with van der Waals surface area (Å²) in [5.41, 5.74) is 0. The van der Waals surface area contributed by atoms with Crippen LogP contribution in [0.15, 0.2) is 12.1 Å². The maximum atomic E-state index is 5.95. The number of hydrogen-bond acceptors (Lipinski definition) is 2. The first-order valence-corrected chi connectivity index (χ1v) is 7.94. The molecule has 1 atom stereocenters. The highest BCUT2D eigenvalue weighted by Crippen LogP contribution is 2.28. The molecule has 1 heterocycles. The van der Waals surface area contributed by atoms with Crippen LogP contribution in [0.5, 0.6) is 0 Å². The van der Waals surface area contributed by atoms with Crippen molar-refractivity contribution in [1.29, 1.82) is 0 Å². The van der Waals surface area contributed by atoms with Crippen molar-refractivity contribution in [1.82, 2.24) is 5.32 Å². The van der Waals surface area contributed by atoms with Gasteiger partial charge in [-0.1, -0.05) is 43.7 Å². The van der Waals surface area contributed by atoms with Crippen molar-refractivity contribution in [3.05, 3.63) is 21.3 Å². The van der Waals surface area contributed by atoms with Gasteiger partial charge in [-0.2, -0.15) is 0 Å². The minimum atomic E-state index is 0.441. The fraction of sp³-hybridized carbons (Fsp3) is 0.714. The molecule has 1 fully saturated rings. The highest BCUT2D eigenvalue weighted by atomic mass is 35.5. The molecule has 1 aromatic rings. The van der Waals surface area contributed by atoms with Gasteiger partial charge < -0.3 is 5.32 Å². The molecule has 3 heteroatoms. The predicted octanol–water partition coefficient (Wildman–Crippen LogP) is 5.02. The largest absolute Gasteiger partial charge is 0.309 e. The van der Waals surface area contributed by atoms with E-state index in [1.165, 1.54) is 43.4 Å². The Morgan fingerprint density at radius 1 is 1.35 bits per heavy atom. The molecule has 0 aromatic carbocycles. The quantitative estimate of drug-likeness (QED) is 0.793. The Labute approximate surface area is 114 Å². The number of thiophene rings is 1. The molecule has 96 valence electrons. The molecule has 0 amide bonds. The standard InChI is InChI=1S/C14H22ClNS/c1-11(13-7-8-14(15)17-13)16-10-9-12-5-3-2-4-6-12/h7-8,11-12,16H,2-6,9-10H2,1H3. The zero-order valence-corrected chi connectivity index (χ0v) is 12.1. The summed E-state index contributed by atoms with van der Waals surface area (Å²) < 4.78 is 0.890. The predicted molar refractivity (Wildman–Crippen MR) is 76.9 cm³/mol. The van der Waals surface area contributed by atoms with Gasteiger partial charge in [-0.05, 0) is 37.9 Å². The molecule has 1 aliphatic carbocycles. The van der Waals surface area contributed by atoms with Gasteiger partial charge in [0, 0.05) is 10.9 Å². The zero-order valence-electron chi connectivity index (χ0n) is 10.5. The molecule has 0 spiro atoms. The Morgan fingerprint density at radius 3 is 2.76 bits per heavy atom. The summed E-state index contributed by atoms with van der Waals surface area (Å²) >= 11 is 7.64. The molecule has 17 heavy (non-hydrogen) atoms. The third-order valence-corrected chi connectivity index (χ3v) is 5.16. The summed E-state index contributed by atoms with van der Waals surface area (Å²) in [6.07, 6.45) is 8.57. The summed E-state index contributed by atoms with van der Waals surface area (Å²) in [4.78, 5) is 1.35. The number of halogens is 1. The SMILES string of the molecule is CC(NCCC1CCCCC1)c1ccc(Cl)s1. The molecule has 1 aliphatic rings. The van der Waals surface area contributed by atoms with Crippen molar-refractivity contribution < 1.29 is 0 Å². The van der Waals surface area contributed by atoms with E-state index in [1.807, 2.05) is 6.07 Å². The van der Waals surface area contributed by atoms with Crippen molar-refractivity contribution in [2.75, 3.05) is 6.54 Å². The summed E-state index contributed by atoms with van der Waals surface area (Å²) in [6.45, 7) is 3.37. The third kappa shape index (κ3) is 4.27. The molecule has 2 rings (SSSR count). The average molecular weight is 272 g/mol. The zero-order chi connectivity index (χ0) is 12.1. The van der Waals surface area contributed by atoms with Gasteiger partial charge in [0.1, 0.15) is 0 Å². The molecule has 0 bridgehead atoms. The van der Waals surface area contributed by atoms with Crippen LogP contribution in [0.1, 0.15) is 56.4 Å². The lowest BCUT2D eigenvalue weighted by atomic mass is 9.87. The van der Waals surface area contributed by atoms with Gasteiger partial charge in [0.25, 0.3) is 0 Å². The molecule has 0 radical (unpaired) electrons. The first-order chi connectivity index (χ1) is 8.25. The van der Waals surface area contributed by atoms with Gasteiger partial charge in [-0.3, -0.25) is 0 Å². The van der Waals surface area contributed by atoms with Gasteiger partial charge in [0.2, 0.25) is 0 Å². The van der Waals surface area contributed by atoms with E-state index >= 15 is 0 Å². The molecule has 1 N–H and O–H groups in total. The molecular formula is C14H22ClNS. The van der Waals surface area contributed by atoms with Gasteiger partial charge >= 0.3 is 0 Å². The second-order valence-corrected chi connectivity index (χ2v) is 6.86. The van der Waals surface area contributed by atoms with Crippen molar-refractivity contribution in [3.8, 4) is 0 Å². The summed E-state index contributed by atoms with van der Waals surface area (Å²) in [6, 6.07) is 4.56. The van der Waals surface area contributed by atoms with E-state index in [2.05, 4.69) is 18.3 Å².